The summed E-state index contributed by atoms with van der Waals surface area (Å²) >= 11 is 0. The Hall–Kier alpha value is -1.37. The molecule has 0 rings (SSSR count). The van der Waals surface area contributed by atoms with Crippen LogP contribution in [0, 0.1) is 0 Å². The van der Waals surface area contributed by atoms with Crippen molar-refractivity contribution < 1.29 is 24.5 Å². The number of hydrogen-bond acceptors (Lipinski definition) is 5. The molecule has 0 heterocycles. The first-order valence-electron chi connectivity index (χ1n) is 12.9. The van der Waals surface area contributed by atoms with Crippen molar-refractivity contribution in [2.45, 2.75) is 116 Å². The molecule has 3 N–H and O–H groups in total. The molecule has 194 valence electrons. The summed E-state index contributed by atoms with van der Waals surface area (Å²) in [4.78, 5) is 12.0. The van der Waals surface area contributed by atoms with Crippen LogP contribution in [0.1, 0.15) is 105 Å². The summed E-state index contributed by atoms with van der Waals surface area (Å²) < 4.78 is 10.8. The predicted molar refractivity (Wildman–Crippen MR) is 136 cm³/mol. The minimum Gasteiger partial charge on any atom is -0.444 e. The van der Waals surface area contributed by atoms with E-state index in [0.29, 0.717) is 6.61 Å². The van der Waals surface area contributed by atoms with Crippen LogP contribution in [0.2, 0.25) is 0 Å². The van der Waals surface area contributed by atoms with Gasteiger partial charge in [-0.05, 0) is 59.3 Å². The monoisotopic (exact) mass is 469 g/mol. The maximum Gasteiger partial charge on any atom is 0.408 e. The molecule has 0 aromatic rings. The van der Waals surface area contributed by atoms with Crippen molar-refractivity contribution in [2.75, 3.05) is 26.4 Å². The van der Waals surface area contributed by atoms with Crippen molar-refractivity contribution in [2.24, 2.45) is 0 Å². The van der Waals surface area contributed by atoms with E-state index >= 15 is 0 Å². The van der Waals surface area contributed by atoms with Crippen LogP contribution in [-0.2, 0) is 9.47 Å². The topological polar surface area (TPSA) is 88.0 Å². The van der Waals surface area contributed by atoms with Gasteiger partial charge in [0.05, 0.1) is 19.8 Å². The summed E-state index contributed by atoms with van der Waals surface area (Å²) in [5.74, 6) is 0. The highest BCUT2D eigenvalue weighted by Crippen LogP contribution is 2.12. The Labute approximate surface area is 202 Å². The maximum absolute atomic E-state index is 12.0. The van der Waals surface area contributed by atoms with E-state index in [1.807, 2.05) is 0 Å². The van der Waals surface area contributed by atoms with Crippen LogP contribution in [0.3, 0.4) is 0 Å². The molecule has 0 saturated carbocycles. The highest BCUT2D eigenvalue weighted by Gasteiger charge is 2.33. The lowest BCUT2D eigenvalue weighted by molar-refractivity contribution is -0.00926. The molecule has 0 aliphatic heterocycles. The summed E-state index contributed by atoms with van der Waals surface area (Å²) in [6, 6.07) is 0. The van der Waals surface area contributed by atoms with E-state index in [0.717, 1.165) is 25.7 Å². The van der Waals surface area contributed by atoms with Crippen LogP contribution in [0.4, 0.5) is 4.79 Å². The van der Waals surface area contributed by atoms with Gasteiger partial charge in [0.25, 0.3) is 0 Å². The fourth-order valence-electron chi connectivity index (χ4n) is 3.24. The number of alkyl carbamates (subject to hydrolysis) is 1. The van der Waals surface area contributed by atoms with Crippen molar-refractivity contribution in [1.82, 2.24) is 5.32 Å². The van der Waals surface area contributed by atoms with Gasteiger partial charge >= 0.3 is 6.09 Å². The zero-order valence-electron chi connectivity index (χ0n) is 21.7. The highest BCUT2D eigenvalue weighted by atomic mass is 16.6. The number of unbranched alkanes of at least 4 members (excludes halogenated alkanes) is 9. The third-order valence-corrected chi connectivity index (χ3v) is 5.24. The number of carbonyl (C=O) groups excluding carboxylic acids is 1. The lowest BCUT2D eigenvalue weighted by Gasteiger charge is -2.32. The molecule has 6 nitrogen and oxygen atoms in total. The summed E-state index contributed by atoms with van der Waals surface area (Å²) in [5, 5.41) is 21.8. The minimum absolute atomic E-state index is 0.0412. The molecule has 0 atom stereocenters. The molecule has 0 aliphatic rings. The molecule has 0 fully saturated rings. The van der Waals surface area contributed by atoms with Gasteiger partial charge in [0.2, 0.25) is 0 Å². The van der Waals surface area contributed by atoms with Crippen molar-refractivity contribution in [3.63, 3.8) is 0 Å². The average Bonchev–Trinajstić information content (AvgIpc) is 2.76. The molecule has 6 heteroatoms. The summed E-state index contributed by atoms with van der Waals surface area (Å²) in [7, 11) is 0. The van der Waals surface area contributed by atoms with Crippen molar-refractivity contribution >= 4 is 6.09 Å². The molecule has 0 aliphatic carbocycles. The molecular weight excluding hydrogens is 418 g/mol. The molecule has 0 radical (unpaired) electrons. The second-order valence-electron chi connectivity index (χ2n) is 9.86. The Morgan fingerprint density at radius 2 is 1.36 bits per heavy atom. The molecule has 0 aromatic carbocycles. The number of hydrogen-bond donors (Lipinski definition) is 3. The third-order valence-electron chi connectivity index (χ3n) is 5.24. The number of amides is 1. The quantitative estimate of drug-likeness (QED) is 0.149. The third kappa shape index (κ3) is 19.8. The zero-order chi connectivity index (χ0) is 24.8. The summed E-state index contributed by atoms with van der Waals surface area (Å²) in [6.45, 7) is 7.24. The van der Waals surface area contributed by atoms with E-state index in [1.54, 1.807) is 20.8 Å². The second-order valence-corrected chi connectivity index (χ2v) is 9.86. The number of allylic oxidation sites excluding steroid dienone is 4. The minimum atomic E-state index is -1.24. The van der Waals surface area contributed by atoms with E-state index in [9.17, 15) is 15.0 Å². The highest BCUT2D eigenvalue weighted by molar-refractivity contribution is 5.68. The van der Waals surface area contributed by atoms with Gasteiger partial charge in [-0.25, -0.2) is 4.79 Å². The van der Waals surface area contributed by atoms with Crippen LogP contribution < -0.4 is 5.32 Å². The van der Waals surface area contributed by atoms with Crippen molar-refractivity contribution in [1.29, 1.82) is 0 Å². The second kappa shape index (κ2) is 20.0. The Bertz CT molecular complexity index is 521. The predicted octanol–water partition coefficient (Wildman–Crippen LogP) is 6.06. The Balaban J connectivity index is 3.73. The molecule has 0 bridgehead atoms. The van der Waals surface area contributed by atoms with Gasteiger partial charge in [-0.3, -0.25) is 0 Å². The number of rotatable bonds is 20. The fourth-order valence-corrected chi connectivity index (χ4v) is 3.24. The molecule has 33 heavy (non-hydrogen) atoms. The van der Waals surface area contributed by atoms with Gasteiger partial charge in [0, 0.05) is 6.61 Å². The number of aliphatic hydroxyl groups excluding tert-OH is 2. The molecule has 1 amide bonds. The van der Waals surface area contributed by atoms with Gasteiger partial charge in [-0.2, -0.15) is 0 Å². The fraction of sp³-hybridized carbons (Fsp3) is 0.815. The summed E-state index contributed by atoms with van der Waals surface area (Å²) in [6.07, 6.45) is 22.7. The Morgan fingerprint density at radius 1 is 0.818 bits per heavy atom. The zero-order valence-corrected chi connectivity index (χ0v) is 21.7. The first-order valence-corrected chi connectivity index (χ1v) is 12.9. The van der Waals surface area contributed by atoms with Crippen LogP contribution >= 0.6 is 0 Å². The molecule has 0 unspecified atom stereocenters. The van der Waals surface area contributed by atoms with Gasteiger partial charge in [0.15, 0.2) is 0 Å². The van der Waals surface area contributed by atoms with E-state index in [1.165, 1.54) is 51.4 Å². The first kappa shape index (κ1) is 31.6. The lowest BCUT2D eigenvalue weighted by atomic mass is 10.0. The number of nitrogens with one attached hydrogen (secondary N) is 1. The smallest absolute Gasteiger partial charge is 0.408 e. The molecule has 0 aromatic heterocycles. The van der Waals surface area contributed by atoms with Gasteiger partial charge < -0.3 is 25.0 Å². The van der Waals surface area contributed by atoms with E-state index in [2.05, 4.69) is 36.5 Å². The van der Waals surface area contributed by atoms with Gasteiger partial charge in [-0.15, -0.1) is 0 Å². The van der Waals surface area contributed by atoms with Gasteiger partial charge in [-0.1, -0.05) is 69.8 Å². The normalized spacial score (nSPS) is 12.7. The largest absolute Gasteiger partial charge is 0.444 e. The number of ether oxygens (including phenoxy) is 2. The number of carbonyl (C=O) groups is 1. The Kier molecular flexibility index (Phi) is 19.2. The van der Waals surface area contributed by atoms with E-state index in [-0.39, 0.29) is 6.61 Å². The lowest BCUT2D eigenvalue weighted by Crippen LogP contribution is -2.58. The van der Waals surface area contributed by atoms with E-state index < -0.39 is 30.4 Å². The average molecular weight is 470 g/mol. The molecule has 0 spiro atoms. The SMILES string of the molecule is CCCCC/C=C\C/C=C\CCCCCCCCOCC(CO)(CO)NC(=O)OC(C)(C)C. The molecule has 0 saturated heterocycles. The standard InChI is InChI=1S/C27H51NO5/c1-5-6-7-8-9-10-11-12-13-14-15-16-17-18-19-20-21-32-24-27(22-29,23-30)28-25(31)33-26(2,3)4/h9-10,12-13,29-30H,5-8,11,14-24H2,1-4H3,(H,28,31)/b10-9-,13-12-. The molecular formula is C27H51NO5. The van der Waals surface area contributed by atoms with Gasteiger partial charge in [0.1, 0.15) is 11.1 Å². The Morgan fingerprint density at radius 3 is 1.91 bits per heavy atom. The van der Waals surface area contributed by atoms with Crippen molar-refractivity contribution in [3.8, 4) is 0 Å². The van der Waals surface area contributed by atoms with Crippen LogP contribution in [-0.4, -0.2) is 53.9 Å². The maximum atomic E-state index is 12.0. The first-order chi connectivity index (χ1) is 15.8. The van der Waals surface area contributed by atoms with E-state index in [4.69, 9.17) is 9.47 Å². The van der Waals surface area contributed by atoms with Crippen LogP contribution in [0.25, 0.3) is 0 Å². The van der Waals surface area contributed by atoms with Crippen LogP contribution in [0.15, 0.2) is 24.3 Å². The van der Waals surface area contributed by atoms with Crippen molar-refractivity contribution in [3.05, 3.63) is 24.3 Å². The number of aliphatic hydroxyl groups is 2. The summed E-state index contributed by atoms with van der Waals surface area (Å²) in [5.41, 5.74) is -1.89. The van der Waals surface area contributed by atoms with Crippen LogP contribution in [0.5, 0.6) is 0 Å².